The Kier molecular flexibility index (Phi) is 7.24. The highest BCUT2D eigenvalue weighted by atomic mass is 16.2. The van der Waals surface area contributed by atoms with Gasteiger partial charge in [-0.15, -0.1) is 0 Å². The first-order valence-electron chi connectivity index (χ1n) is 11.1. The molecule has 1 fully saturated rings. The van der Waals surface area contributed by atoms with Crippen LogP contribution in [-0.2, 0) is 11.3 Å². The fourth-order valence-corrected chi connectivity index (χ4v) is 4.24. The van der Waals surface area contributed by atoms with Crippen molar-refractivity contribution in [2.24, 2.45) is 0 Å². The fourth-order valence-electron chi connectivity index (χ4n) is 4.24. The van der Waals surface area contributed by atoms with Gasteiger partial charge in [-0.05, 0) is 32.3 Å². The van der Waals surface area contributed by atoms with Crippen LogP contribution in [0.3, 0.4) is 0 Å². The molecule has 30 heavy (non-hydrogen) atoms. The molecule has 2 aromatic rings. The molecule has 0 aliphatic heterocycles. The largest absolute Gasteiger partial charge is 0.354 e. The Morgan fingerprint density at radius 2 is 1.77 bits per heavy atom. The smallest absolute Gasteiger partial charge is 0.274 e. The number of aromatic nitrogens is 2. The second-order valence-electron chi connectivity index (χ2n) is 8.09. The molecule has 1 aromatic carbocycles. The number of unbranched alkanes of at least 4 members (excludes halogenated alkanes) is 2. The summed E-state index contributed by atoms with van der Waals surface area (Å²) in [5, 5.41) is 11.3. The molecule has 0 unspecified atom stereocenters. The summed E-state index contributed by atoms with van der Waals surface area (Å²) in [6.07, 6.45) is 6.90. The quantitative estimate of drug-likeness (QED) is 0.652. The number of nitrogens with one attached hydrogen (secondary N) is 2. The lowest BCUT2D eigenvalue weighted by atomic mass is 9.80. The van der Waals surface area contributed by atoms with Crippen LogP contribution in [0.1, 0.15) is 75.7 Å². The highest BCUT2D eigenvalue weighted by molar-refractivity contribution is 6.06. The Morgan fingerprint density at radius 3 is 2.43 bits per heavy atom. The van der Waals surface area contributed by atoms with E-state index >= 15 is 0 Å². The average Bonchev–Trinajstić information content (AvgIpc) is 2.76. The van der Waals surface area contributed by atoms with E-state index in [1.807, 2.05) is 6.92 Å². The summed E-state index contributed by atoms with van der Waals surface area (Å²) < 4.78 is 1.40. The number of hydrogen-bond donors (Lipinski definition) is 2. The predicted molar refractivity (Wildman–Crippen MR) is 117 cm³/mol. The molecule has 7 heteroatoms. The highest BCUT2D eigenvalue weighted by Gasteiger charge is 2.41. The average molecular weight is 413 g/mol. The van der Waals surface area contributed by atoms with Gasteiger partial charge in [0.25, 0.3) is 11.5 Å². The molecular weight excluding hydrogens is 380 g/mol. The van der Waals surface area contributed by atoms with Crippen LogP contribution in [0.5, 0.6) is 0 Å². The van der Waals surface area contributed by atoms with Crippen LogP contribution in [0.4, 0.5) is 0 Å². The van der Waals surface area contributed by atoms with Gasteiger partial charge in [0.2, 0.25) is 5.91 Å². The molecule has 3 rings (SSSR count). The zero-order valence-corrected chi connectivity index (χ0v) is 18.0. The van der Waals surface area contributed by atoms with Gasteiger partial charge in [0.05, 0.1) is 5.39 Å². The van der Waals surface area contributed by atoms with E-state index in [1.54, 1.807) is 24.3 Å². The Balaban J connectivity index is 1.99. The van der Waals surface area contributed by atoms with Gasteiger partial charge in [-0.2, -0.15) is 5.10 Å². The number of carbonyl (C=O) groups is 2. The normalized spacial score (nSPS) is 15.7. The van der Waals surface area contributed by atoms with Crippen molar-refractivity contribution in [1.82, 2.24) is 20.4 Å². The van der Waals surface area contributed by atoms with E-state index in [2.05, 4.69) is 22.7 Å². The number of benzene rings is 1. The highest BCUT2D eigenvalue weighted by Crippen LogP contribution is 2.29. The van der Waals surface area contributed by atoms with Crippen LogP contribution >= 0.6 is 0 Å². The molecule has 1 aliphatic rings. The molecule has 2 N–H and O–H groups in total. The third kappa shape index (κ3) is 4.55. The Morgan fingerprint density at radius 1 is 1.07 bits per heavy atom. The second-order valence-corrected chi connectivity index (χ2v) is 8.09. The van der Waals surface area contributed by atoms with Gasteiger partial charge in [0.15, 0.2) is 5.69 Å². The molecule has 1 heterocycles. The number of carbonyl (C=O) groups excluding carboxylic acids is 2. The van der Waals surface area contributed by atoms with E-state index in [9.17, 15) is 14.4 Å². The zero-order valence-electron chi connectivity index (χ0n) is 18.0. The molecular formula is C23H32N4O3. The van der Waals surface area contributed by atoms with Gasteiger partial charge in [-0.1, -0.05) is 57.2 Å². The first-order valence-corrected chi connectivity index (χ1v) is 11.1. The molecule has 0 bridgehead atoms. The van der Waals surface area contributed by atoms with Gasteiger partial charge >= 0.3 is 0 Å². The number of likely N-dealkylation sites (N-methyl/N-ethyl adjacent to an activating group) is 1. The van der Waals surface area contributed by atoms with E-state index in [-0.39, 0.29) is 17.2 Å². The topological polar surface area (TPSA) is 93.1 Å². The monoisotopic (exact) mass is 412 g/mol. The van der Waals surface area contributed by atoms with Crippen molar-refractivity contribution in [3.05, 3.63) is 40.3 Å². The summed E-state index contributed by atoms with van der Waals surface area (Å²) >= 11 is 0. The van der Waals surface area contributed by atoms with Gasteiger partial charge in [-0.3, -0.25) is 14.4 Å². The summed E-state index contributed by atoms with van der Waals surface area (Å²) in [6, 6.07) is 7.06. The van der Waals surface area contributed by atoms with Crippen LogP contribution in [0.2, 0.25) is 0 Å². The van der Waals surface area contributed by atoms with E-state index in [1.165, 1.54) is 4.68 Å². The van der Waals surface area contributed by atoms with Crippen molar-refractivity contribution in [3.63, 3.8) is 0 Å². The van der Waals surface area contributed by atoms with Crippen molar-refractivity contribution >= 4 is 22.6 Å². The zero-order chi connectivity index (χ0) is 21.6. The SMILES string of the molecule is CCCCCn1nc(C(=O)NC2(C(=O)NCC)CCCCC2)c2ccccc2c1=O. The van der Waals surface area contributed by atoms with Crippen LogP contribution in [0, 0.1) is 0 Å². The molecule has 7 nitrogen and oxygen atoms in total. The number of aryl methyl sites for hydroxylation is 1. The number of rotatable bonds is 8. The number of amides is 2. The molecule has 1 aliphatic carbocycles. The van der Waals surface area contributed by atoms with Crippen LogP contribution < -0.4 is 16.2 Å². The lowest BCUT2D eigenvalue weighted by Gasteiger charge is -2.36. The Bertz CT molecular complexity index is 961. The number of nitrogens with zero attached hydrogens (tertiary/aromatic N) is 2. The lowest BCUT2D eigenvalue weighted by molar-refractivity contribution is -0.128. The molecule has 0 radical (unpaired) electrons. The van der Waals surface area contributed by atoms with Crippen molar-refractivity contribution in [2.75, 3.05) is 6.54 Å². The summed E-state index contributed by atoms with van der Waals surface area (Å²) in [7, 11) is 0. The maximum atomic E-state index is 13.4. The predicted octanol–water partition coefficient (Wildman–Crippen LogP) is 3.16. The van der Waals surface area contributed by atoms with Gasteiger partial charge in [0.1, 0.15) is 5.54 Å². The van der Waals surface area contributed by atoms with Gasteiger partial charge in [-0.25, -0.2) is 4.68 Å². The molecule has 162 valence electrons. The first-order chi connectivity index (χ1) is 14.5. The fraction of sp³-hybridized carbons (Fsp3) is 0.565. The van der Waals surface area contributed by atoms with Gasteiger partial charge < -0.3 is 10.6 Å². The number of hydrogen-bond acceptors (Lipinski definition) is 4. The van der Waals surface area contributed by atoms with Gasteiger partial charge in [0, 0.05) is 18.5 Å². The minimum absolute atomic E-state index is 0.140. The van der Waals surface area contributed by atoms with E-state index in [4.69, 9.17) is 0 Å². The van der Waals surface area contributed by atoms with Crippen molar-refractivity contribution < 1.29 is 9.59 Å². The lowest BCUT2D eigenvalue weighted by Crippen LogP contribution is -2.59. The van der Waals surface area contributed by atoms with Crippen molar-refractivity contribution in [1.29, 1.82) is 0 Å². The second kappa shape index (κ2) is 9.87. The third-order valence-electron chi connectivity index (χ3n) is 5.89. The van der Waals surface area contributed by atoms with Crippen LogP contribution in [-0.4, -0.2) is 33.7 Å². The molecule has 0 spiro atoms. The van der Waals surface area contributed by atoms with Crippen molar-refractivity contribution in [2.45, 2.75) is 77.3 Å². The van der Waals surface area contributed by atoms with E-state index in [0.29, 0.717) is 36.7 Å². The summed E-state index contributed by atoms with van der Waals surface area (Å²) in [5.74, 6) is -0.540. The third-order valence-corrected chi connectivity index (χ3v) is 5.89. The maximum Gasteiger partial charge on any atom is 0.274 e. The Hall–Kier alpha value is -2.70. The van der Waals surface area contributed by atoms with Crippen LogP contribution in [0.15, 0.2) is 29.1 Å². The summed E-state index contributed by atoms with van der Waals surface area (Å²) in [5.41, 5.74) is -0.901. The Labute approximate surface area is 177 Å². The molecule has 2 amide bonds. The van der Waals surface area contributed by atoms with E-state index in [0.717, 1.165) is 38.5 Å². The summed E-state index contributed by atoms with van der Waals surface area (Å²) in [4.78, 5) is 39.1. The van der Waals surface area contributed by atoms with E-state index < -0.39 is 11.4 Å². The molecule has 1 aromatic heterocycles. The summed E-state index contributed by atoms with van der Waals surface area (Å²) in [6.45, 7) is 4.96. The van der Waals surface area contributed by atoms with Crippen LogP contribution in [0.25, 0.3) is 10.8 Å². The number of fused-ring (bicyclic) bond motifs is 1. The molecule has 0 saturated heterocycles. The maximum absolute atomic E-state index is 13.4. The first kappa shape index (κ1) is 22.0. The molecule has 1 saturated carbocycles. The molecule has 0 atom stereocenters. The minimum Gasteiger partial charge on any atom is -0.354 e. The minimum atomic E-state index is -0.919. The van der Waals surface area contributed by atoms with Crippen molar-refractivity contribution in [3.8, 4) is 0 Å². The standard InChI is InChI=1S/C23H32N4O3/c1-3-5-11-16-27-21(29)18-13-8-7-12-17(18)19(26-27)20(28)25-23(22(30)24-4-2)14-9-6-10-15-23/h7-8,12-13H,3-6,9-11,14-16H2,1-2H3,(H,24,30)(H,25,28).